The molecule has 0 saturated carbocycles. The Hall–Kier alpha value is -0.120. The Balaban J connectivity index is 0.000001000. The Kier molecular flexibility index (Phi) is 4.65. The lowest BCUT2D eigenvalue weighted by Crippen LogP contribution is -1.97. The fraction of sp³-hybridized carbons (Fsp3) is 0.143. The molecule has 62 valence electrons. The average molecular weight is 241 g/mol. The summed E-state index contributed by atoms with van der Waals surface area (Å²) in [5.74, 6) is -0.247. The fourth-order valence-corrected chi connectivity index (χ4v) is 1.11. The normalized spacial score (nSPS) is 9.00. The van der Waals surface area contributed by atoms with Crippen molar-refractivity contribution < 1.29 is 4.39 Å². The highest BCUT2D eigenvalue weighted by Crippen LogP contribution is 2.16. The van der Waals surface area contributed by atoms with E-state index in [0.717, 1.165) is 10.0 Å². The van der Waals surface area contributed by atoms with Gasteiger partial charge < -0.3 is 5.73 Å². The smallest absolute Gasteiger partial charge is 0.123 e. The van der Waals surface area contributed by atoms with Gasteiger partial charge in [-0.15, -0.1) is 12.4 Å². The van der Waals surface area contributed by atoms with Crippen LogP contribution in [-0.4, -0.2) is 0 Å². The second kappa shape index (κ2) is 4.70. The van der Waals surface area contributed by atoms with E-state index in [9.17, 15) is 4.39 Å². The van der Waals surface area contributed by atoms with Gasteiger partial charge in [-0.1, -0.05) is 15.9 Å². The third-order valence-electron chi connectivity index (χ3n) is 1.23. The zero-order valence-corrected chi connectivity index (χ0v) is 8.08. The molecule has 1 rings (SSSR count). The molecule has 2 N–H and O–H groups in total. The van der Waals surface area contributed by atoms with E-state index in [1.54, 1.807) is 6.07 Å². The Morgan fingerprint density at radius 3 is 2.55 bits per heavy atom. The molecule has 0 unspecified atom stereocenters. The summed E-state index contributed by atoms with van der Waals surface area (Å²) >= 11 is 3.24. The summed E-state index contributed by atoms with van der Waals surface area (Å²) in [5.41, 5.74) is 6.11. The minimum Gasteiger partial charge on any atom is -0.326 e. The van der Waals surface area contributed by atoms with Crippen molar-refractivity contribution in [2.75, 3.05) is 0 Å². The molecule has 4 heteroatoms. The Morgan fingerprint density at radius 2 is 2.09 bits per heavy atom. The lowest BCUT2D eigenvalue weighted by Gasteiger charge is -1.98. The number of hydrogen-bond acceptors (Lipinski definition) is 1. The first-order valence-corrected chi connectivity index (χ1v) is 3.67. The highest BCUT2D eigenvalue weighted by molar-refractivity contribution is 9.10. The van der Waals surface area contributed by atoms with Gasteiger partial charge in [0.1, 0.15) is 5.82 Å². The maximum absolute atomic E-state index is 12.5. The summed E-state index contributed by atoms with van der Waals surface area (Å²) in [5, 5.41) is 0. The van der Waals surface area contributed by atoms with Crippen LogP contribution in [0.15, 0.2) is 22.7 Å². The van der Waals surface area contributed by atoms with Crippen LogP contribution in [0.4, 0.5) is 4.39 Å². The van der Waals surface area contributed by atoms with Crippen LogP contribution >= 0.6 is 28.3 Å². The van der Waals surface area contributed by atoms with E-state index in [4.69, 9.17) is 5.73 Å². The molecule has 0 spiro atoms. The van der Waals surface area contributed by atoms with Gasteiger partial charge in [-0.25, -0.2) is 4.39 Å². The molecular formula is C7H8BrClFN. The van der Waals surface area contributed by atoms with E-state index in [0.29, 0.717) is 6.54 Å². The molecule has 0 radical (unpaired) electrons. The van der Waals surface area contributed by atoms with Gasteiger partial charge in [-0.3, -0.25) is 0 Å². The molecule has 0 aromatic heterocycles. The monoisotopic (exact) mass is 239 g/mol. The molecule has 1 aromatic carbocycles. The highest BCUT2D eigenvalue weighted by Gasteiger charge is 1.97. The van der Waals surface area contributed by atoms with Crippen LogP contribution in [0.1, 0.15) is 5.56 Å². The summed E-state index contributed by atoms with van der Waals surface area (Å²) in [6.45, 7) is 0.359. The van der Waals surface area contributed by atoms with Crippen LogP contribution in [-0.2, 0) is 6.54 Å². The van der Waals surface area contributed by atoms with Crippen LogP contribution in [0.2, 0.25) is 0 Å². The van der Waals surface area contributed by atoms with Gasteiger partial charge in [0.2, 0.25) is 0 Å². The molecule has 11 heavy (non-hydrogen) atoms. The highest BCUT2D eigenvalue weighted by atomic mass is 79.9. The molecule has 1 nitrogen and oxygen atoms in total. The molecule has 0 fully saturated rings. The molecule has 0 atom stereocenters. The van der Waals surface area contributed by atoms with Gasteiger partial charge in [0.15, 0.2) is 0 Å². The van der Waals surface area contributed by atoms with E-state index in [-0.39, 0.29) is 18.2 Å². The molecule has 0 amide bonds. The molecule has 0 bridgehead atoms. The van der Waals surface area contributed by atoms with Crippen LogP contribution in [0, 0.1) is 5.82 Å². The quantitative estimate of drug-likeness (QED) is 0.802. The fourth-order valence-electron chi connectivity index (χ4n) is 0.700. The molecule has 0 aliphatic heterocycles. The first kappa shape index (κ1) is 10.9. The first-order chi connectivity index (χ1) is 4.74. The number of benzene rings is 1. The summed E-state index contributed by atoms with van der Waals surface area (Å²) in [6, 6.07) is 4.46. The molecule has 0 saturated heterocycles. The standard InChI is InChI=1S/C7H7BrFN.ClH/c8-7-2-1-6(9)3-5(7)4-10;/h1-3H,4,10H2;1H. The van der Waals surface area contributed by atoms with Crippen LogP contribution in [0.3, 0.4) is 0 Å². The minimum atomic E-state index is -0.247. The van der Waals surface area contributed by atoms with Crippen molar-refractivity contribution >= 4 is 28.3 Å². The minimum absolute atomic E-state index is 0. The number of halogens is 3. The lowest BCUT2D eigenvalue weighted by atomic mass is 10.2. The molecule has 0 aliphatic carbocycles. The van der Waals surface area contributed by atoms with Gasteiger partial charge in [-0.05, 0) is 23.8 Å². The largest absolute Gasteiger partial charge is 0.326 e. The van der Waals surface area contributed by atoms with Crippen molar-refractivity contribution in [1.82, 2.24) is 0 Å². The predicted molar refractivity (Wildman–Crippen MR) is 49.2 cm³/mol. The van der Waals surface area contributed by atoms with Gasteiger partial charge in [0, 0.05) is 11.0 Å². The van der Waals surface area contributed by atoms with Crippen LogP contribution in [0.25, 0.3) is 0 Å². The number of nitrogens with two attached hydrogens (primary N) is 1. The number of hydrogen-bond donors (Lipinski definition) is 1. The van der Waals surface area contributed by atoms with Gasteiger partial charge >= 0.3 is 0 Å². The summed E-state index contributed by atoms with van der Waals surface area (Å²) in [7, 11) is 0. The molecule has 1 aromatic rings. The van der Waals surface area contributed by atoms with Crippen molar-refractivity contribution in [2.45, 2.75) is 6.54 Å². The van der Waals surface area contributed by atoms with Crippen LogP contribution < -0.4 is 5.73 Å². The van der Waals surface area contributed by atoms with Gasteiger partial charge in [0.05, 0.1) is 0 Å². The Labute approximate surface area is 79.3 Å². The van der Waals surface area contributed by atoms with E-state index in [1.165, 1.54) is 12.1 Å². The van der Waals surface area contributed by atoms with E-state index >= 15 is 0 Å². The third-order valence-corrected chi connectivity index (χ3v) is 2.00. The SMILES string of the molecule is Cl.NCc1cc(F)ccc1Br. The lowest BCUT2D eigenvalue weighted by molar-refractivity contribution is 0.625. The van der Waals surface area contributed by atoms with E-state index < -0.39 is 0 Å². The summed E-state index contributed by atoms with van der Waals surface area (Å²) in [6.07, 6.45) is 0. The van der Waals surface area contributed by atoms with Crippen molar-refractivity contribution in [3.8, 4) is 0 Å². The second-order valence-corrected chi connectivity index (χ2v) is 2.79. The van der Waals surface area contributed by atoms with Crippen molar-refractivity contribution in [3.63, 3.8) is 0 Å². The Morgan fingerprint density at radius 1 is 1.45 bits per heavy atom. The van der Waals surface area contributed by atoms with Crippen molar-refractivity contribution in [1.29, 1.82) is 0 Å². The molecular weight excluding hydrogens is 232 g/mol. The van der Waals surface area contributed by atoms with Crippen molar-refractivity contribution in [3.05, 3.63) is 34.1 Å². The van der Waals surface area contributed by atoms with E-state index in [1.807, 2.05) is 0 Å². The van der Waals surface area contributed by atoms with Crippen LogP contribution in [0.5, 0.6) is 0 Å². The Bertz CT molecular complexity index is 242. The summed E-state index contributed by atoms with van der Waals surface area (Å²) in [4.78, 5) is 0. The average Bonchev–Trinajstić information content (AvgIpc) is 1.94. The molecule has 0 aliphatic rings. The third kappa shape index (κ3) is 2.77. The maximum Gasteiger partial charge on any atom is 0.123 e. The van der Waals surface area contributed by atoms with Crippen molar-refractivity contribution in [2.24, 2.45) is 5.73 Å². The zero-order chi connectivity index (χ0) is 7.56. The van der Waals surface area contributed by atoms with E-state index in [2.05, 4.69) is 15.9 Å². The first-order valence-electron chi connectivity index (χ1n) is 2.88. The topological polar surface area (TPSA) is 26.0 Å². The molecule has 0 heterocycles. The number of rotatable bonds is 1. The maximum atomic E-state index is 12.5. The summed E-state index contributed by atoms with van der Waals surface area (Å²) < 4.78 is 13.3. The van der Waals surface area contributed by atoms with Gasteiger partial charge in [0.25, 0.3) is 0 Å². The predicted octanol–water partition coefficient (Wildman–Crippen LogP) is 2.47. The second-order valence-electron chi connectivity index (χ2n) is 1.94. The van der Waals surface area contributed by atoms with Gasteiger partial charge in [-0.2, -0.15) is 0 Å². The zero-order valence-electron chi connectivity index (χ0n) is 5.68.